The maximum atomic E-state index is 11.2. The summed E-state index contributed by atoms with van der Waals surface area (Å²) in [5, 5.41) is 19.8. The van der Waals surface area contributed by atoms with Gasteiger partial charge in [-0.15, -0.1) is 0 Å². The zero-order valence-corrected chi connectivity index (χ0v) is 22.7. The zero-order chi connectivity index (χ0) is 26.9. The standard InChI is InChI=1S/C32H27Cl2N3O2/c33-25-8-1-20(2-9-25)30(21-3-10-26(34)11-4-21)24-7-14-29-28(19-24)31(36-35-29)22-15-17-37(18-16-22)27-12-5-23(6-13-27)32(38)39/h1-14,19,22,30H,15-18H2,(H,35,36)(H,38,39). The molecule has 2 N–H and O–H groups in total. The van der Waals surface area contributed by atoms with Crippen LogP contribution in [-0.2, 0) is 0 Å². The van der Waals surface area contributed by atoms with E-state index < -0.39 is 5.97 Å². The number of carboxylic acids is 1. The summed E-state index contributed by atoms with van der Waals surface area (Å²) in [6.45, 7) is 1.80. The monoisotopic (exact) mass is 555 g/mol. The number of benzene rings is 4. The van der Waals surface area contributed by atoms with Crippen LogP contribution in [0, 0.1) is 0 Å². The van der Waals surface area contributed by atoms with E-state index in [4.69, 9.17) is 23.2 Å². The number of nitrogens with one attached hydrogen (secondary N) is 1. The third kappa shape index (κ3) is 5.25. The first kappa shape index (κ1) is 25.5. The average molecular weight is 556 g/mol. The molecule has 1 saturated heterocycles. The van der Waals surface area contributed by atoms with E-state index in [0.717, 1.165) is 53.6 Å². The molecule has 0 amide bonds. The Bertz CT molecular complexity index is 1560. The van der Waals surface area contributed by atoms with E-state index in [9.17, 15) is 9.90 Å². The molecule has 6 rings (SSSR count). The zero-order valence-electron chi connectivity index (χ0n) is 21.1. The van der Waals surface area contributed by atoms with E-state index in [2.05, 4.69) is 57.6 Å². The van der Waals surface area contributed by atoms with Crippen LogP contribution in [0.5, 0.6) is 0 Å². The third-order valence-corrected chi connectivity index (χ3v) is 8.23. The number of rotatable bonds is 6. The van der Waals surface area contributed by atoms with Crippen molar-refractivity contribution in [1.29, 1.82) is 0 Å². The number of carbonyl (C=O) groups is 1. The highest BCUT2D eigenvalue weighted by Crippen LogP contribution is 2.38. The number of fused-ring (bicyclic) bond motifs is 1. The Labute approximate surface area is 237 Å². The minimum absolute atomic E-state index is 0.0299. The molecule has 1 aliphatic heterocycles. The van der Waals surface area contributed by atoms with Crippen molar-refractivity contribution in [3.05, 3.63) is 129 Å². The van der Waals surface area contributed by atoms with Crippen molar-refractivity contribution in [2.75, 3.05) is 18.0 Å². The molecule has 0 spiro atoms. The Morgan fingerprint density at radius 1 is 0.821 bits per heavy atom. The number of hydrogen-bond acceptors (Lipinski definition) is 3. The number of carboxylic acid groups (broad SMARTS) is 1. The van der Waals surface area contributed by atoms with Gasteiger partial charge in [0.2, 0.25) is 0 Å². The molecular formula is C32H27Cl2N3O2. The van der Waals surface area contributed by atoms with Crippen LogP contribution in [-0.4, -0.2) is 34.4 Å². The molecule has 1 aromatic heterocycles. The summed E-state index contributed by atoms with van der Waals surface area (Å²) in [6, 6.07) is 29.8. The molecule has 39 heavy (non-hydrogen) atoms. The fourth-order valence-corrected chi connectivity index (χ4v) is 5.92. The second-order valence-electron chi connectivity index (χ2n) is 10.1. The van der Waals surface area contributed by atoms with E-state index in [0.29, 0.717) is 21.5 Å². The summed E-state index contributed by atoms with van der Waals surface area (Å²) >= 11 is 12.4. The van der Waals surface area contributed by atoms with Crippen LogP contribution in [0.4, 0.5) is 5.69 Å². The lowest BCUT2D eigenvalue weighted by molar-refractivity contribution is 0.0697. The lowest BCUT2D eigenvalue weighted by Crippen LogP contribution is -2.33. The average Bonchev–Trinajstić information content (AvgIpc) is 3.39. The van der Waals surface area contributed by atoms with Crippen molar-refractivity contribution in [3.8, 4) is 0 Å². The van der Waals surface area contributed by atoms with E-state index in [1.807, 2.05) is 36.4 Å². The van der Waals surface area contributed by atoms with Crippen molar-refractivity contribution >= 4 is 45.8 Å². The maximum absolute atomic E-state index is 11.2. The molecule has 0 saturated carbocycles. The van der Waals surface area contributed by atoms with Crippen LogP contribution in [0.2, 0.25) is 10.0 Å². The number of aromatic carboxylic acids is 1. The number of halogens is 2. The molecule has 0 radical (unpaired) electrons. The van der Waals surface area contributed by atoms with Crippen molar-refractivity contribution in [2.45, 2.75) is 24.7 Å². The first-order valence-electron chi connectivity index (χ1n) is 13.0. The topological polar surface area (TPSA) is 69.2 Å². The fourth-order valence-electron chi connectivity index (χ4n) is 5.67. The number of piperidine rings is 1. The predicted molar refractivity (Wildman–Crippen MR) is 158 cm³/mol. The number of aromatic amines is 1. The largest absolute Gasteiger partial charge is 0.478 e. The summed E-state index contributed by atoms with van der Waals surface area (Å²) in [5.41, 5.74) is 7.02. The highest BCUT2D eigenvalue weighted by Gasteiger charge is 2.25. The van der Waals surface area contributed by atoms with Gasteiger partial charge >= 0.3 is 5.97 Å². The lowest BCUT2D eigenvalue weighted by atomic mass is 9.84. The minimum atomic E-state index is -0.903. The summed E-state index contributed by atoms with van der Waals surface area (Å²) in [5.74, 6) is -0.508. The minimum Gasteiger partial charge on any atom is -0.478 e. The quantitative estimate of drug-likeness (QED) is 0.207. The van der Waals surface area contributed by atoms with Crippen molar-refractivity contribution < 1.29 is 9.90 Å². The molecule has 4 aromatic carbocycles. The molecule has 0 atom stereocenters. The number of aromatic nitrogens is 2. The van der Waals surface area contributed by atoms with Crippen molar-refractivity contribution in [1.82, 2.24) is 10.2 Å². The number of anilines is 1. The number of nitrogens with zero attached hydrogens (tertiary/aromatic N) is 2. The van der Waals surface area contributed by atoms with E-state index in [1.165, 1.54) is 11.3 Å². The first-order chi connectivity index (χ1) is 19.0. The van der Waals surface area contributed by atoms with Crippen LogP contribution in [0.25, 0.3) is 10.9 Å². The predicted octanol–water partition coefficient (Wildman–Crippen LogP) is 8.13. The van der Waals surface area contributed by atoms with E-state index >= 15 is 0 Å². The maximum Gasteiger partial charge on any atom is 0.335 e. The smallest absolute Gasteiger partial charge is 0.335 e. The van der Waals surface area contributed by atoms with Gasteiger partial charge in [-0.2, -0.15) is 5.10 Å². The highest BCUT2D eigenvalue weighted by molar-refractivity contribution is 6.30. The van der Waals surface area contributed by atoms with Gasteiger partial charge in [0.1, 0.15) is 0 Å². The van der Waals surface area contributed by atoms with Gasteiger partial charge in [0.05, 0.1) is 11.1 Å². The molecule has 5 nitrogen and oxygen atoms in total. The SMILES string of the molecule is O=C(O)c1ccc(N2CCC(c3[nH]nc4ccc(C(c5ccc(Cl)cc5)c5ccc(Cl)cc5)cc34)CC2)cc1. The van der Waals surface area contributed by atoms with Gasteiger partial charge in [0.15, 0.2) is 0 Å². The Morgan fingerprint density at radius 3 is 1.95 bits per heavy atom. The Hall–Kier alpha value is -3.80. The van der Waals surface area contributed by atoms with Crippen LogP contribution < -0.4 is 4.90 Å². The lowest BCUT2D eigenvalue weighted by Gasteiger charge is -2.33. The molecule has 0 bridgehead atoms. The van der Waals surface area contributed by atoms with Gasteiger partial charge in [0, 0.05) is 51.7 Å². The number of hydrogen-bond donors (Lipinski definition) is 2. The Balaban J connectivity index is 1.29. The van der Waals surface area contributed by atoms with Gasteiger partial charge in [0.25, 0.3) is 0 Å². The van der Waals surface area contributed by atoms with Gasteiger partial charge in [-0.1, -0.05) is 53.5 Å². The van der Waals surface area contributed by atoms with Crippen molar-refractivity contribution in [2.24, 2.45) is 0 Å². The van der Waals surface area contributed by atoms with E-state index in [-0.39, 0.29) is 5.92 Å². The summed E-state index contributed by atoms with van der Waals surface area (Å²) in [7, 11) is 0. The molecule has 1 fully saturated rings. The second kappa shape index (κ2) is 10.8. The van der Waals surface area contributed by atoms with Crippen LogP contribution >= 0.6 is 23.2 Å². The first-order valence-corrected chi connectivity index (χ1v) is 13.8. The van der Waals surface area contributed by atoms with Crippen LogP contribution in [0.1, 0.15) is 57.4 Å². The molecule has 5 aromatic rings. The molecule has 0 aliphatic carbocycles. The molecule has 196 valence electrons. The van der Waals surface area contributed by atoms with Gasteiger partial charge in [-0.05, 0) is 90.2 Å². The van der Waals surface area contributed by atoms with Gasteiger partial charge < -0.3 is 10.0 Å². The molecular weight excluding hydrogens is 529 g/mol. The van der Waals surface area contributed by atoms with E-state index in [1.54, 1.807) is 12.1 Å². The highest BCUT2D eigenvalue weighted by atomic mass is 35.5. The van der Waals surface area contributed by atoms with Crippen LogP contribution in [0.3, 0.4) is 0 Å². The summed E-state index contributed by atoms with van der Waals surface area (Å²) < 4.78 is 0. The summed E-state index contributed by atoms with van der Waals surface area (Å²) in [4.78, 5) is 13.5. The Kier molecular flexibility index (Phi) is 7.03. The van der Waals surface area contributed by atoms with Crippen LogP contribution in [0.15, 0.2) is 91.0 Å². The Morgan fingerprint density at radius 2 is 1.38 bits per heavy atom. The van der Waals surface area contributed by atoms with Gasteiger partial charge in [-0.25, -0.2) is 4.79 Å². The summed E-state index contributed by atoms with van der Waals surface area (Å²) in [6.07, 6.45) is 1.97. The van der Waals surface area contributed by atoms with Gasteiger partial charge in [-0.3, -0.25) is 5.10 Å². The number of H-pyrrole nitrogens is 1. The normalized spacial score (nSPS) is 14.3. The molecule has 1 aliphatic rings. The molecule has 0 unspecified atom stereocenters. The van der Waals surface area contributed by atoms with Crippen molar-refractivity contribution in [3.63, 3.8) is 0 Å². The third-order valence-electron chi connectivity index (χ3n) is 7.73. The second-order valence-corrected chi connectivity index (χ2v) is 10.9. The molecule has 2 heterocycles. The fraction of sp³-hybridized carbons (Fsp3) is 0.188. The molecule has 7 heteroatoms.